The lowest BCUT2D eigenvalue weighted by atomic mass is 10.1. The van der Waals surface area contributed by atoms with E-state index in [0.717, 1.165) is 30.7 Å². The molecule has 0 saturated carbocycles. The van der Waals surface area contributed by atoms with Crippen LogP contribution in [-0.4, -0.2) is 34.6 Å². The van der Waals surface area contributed by atoms with E-state index in [-0.39, 0.29) is 10.8 Å². The summed E-state index contributed by atoms with van der Waals surface area (Å²) < 4.78 is 6.52. The van der Waals surface area contributed by atoms with Gasteiger partial charge in [0.15, 0.2) is 5.15 Å². The molecule has 0 radical (unpaired) electrons. The zero-order chi connectivity index (χ0) is 19.1. The van der Waals surface area contributed by atoms with Crippen molar-refractivity contribution in [2.75, 3.05) is 7.11 Å². The Bertz CT molecular complexity index is 759. The molecule has 0 saturated heterocycles. The predicted molar refractivity (Wildman–Crippen MR) is 100 cm³/mol. The Kier molecular flexibility index (Phi) is 7.21. The van der Waals surface area contributed by atoms with Crippen molar-refractivity contribution in [3.05, 3.63) is 52.6 Å². The zero-order valence-electron chi connectivity index (χ0n) is 15.3. The number of nitrogens with zero attached hydrogens (tertiary/aromatic N) is 2. The van der Waals surface area contributed by atoms with Gasteiger partial charge in [-0.25, -0.2) is 9.78 Å². The number of ether oxygens (including phenoxy) is 1. The monoisotopic (exact) mass is 377 g/mol. The molecular weight excluding hydrogens is 354 g/mol. The number of aryl methyl sites for hydroxylation is 1. The highest BCUT2D eigenvalue weighted by molar-refractivity contribution is 6.32. The smallest absolute Gasteiger partial charge is 0.328 e. The van der Waals surface area contributed by atoms with Gasteiger partial charge < -0.3 is 14.6 Å². The Morgan fingerprint density at radius 2 is 2.00 bits per heavy atom. The summed E-state index contributed by atoms with van der Waals surface area (Å²) in [5.74, 6) is -0.203. The number of methoxy groups -OCH3 is 1. The molecule has 0 aliphatic carbocycles. The number of esters is 1. The first-order chi connectivity index (χ1) is 12.5. The molecule has 0 fully saturated rings. The van der Waals surface area contributed by atoms with Gasteiger partial charge in [0.25, 0.3) is 5.91 Å². The molecule has 1 amide bonds. The molecule has 0 aliphatic heterocycles. The van der Waals surface area contributed by atoms with Gasteiger partial charge in [0.2, 0.25) is 0 Å². The summed E-state index contributed by atoms with van der Waals surface area (Å²) in [4.78, 5) is 29.1. The third kappa shape index (κ3) is 4.85. The number of unbranched alkanes of at least 4 members (excludes halogenated alkanes) is 1. The van der Waals surface area contributed by atoms with Crippen molar-refractivity contribution in [2.45, 2.75) is 38.6 Å². The van der Waals surface area contributed by atoms with E-state index >= 15 is 0 Å². The Labute approximate surface area is 158 Å². The molecule has 2 rings (SSSR count). The summed E-state index contributed by atoms with van der Waals surface area (Å²) in [5, 5.41) is 2.86. The van der Waals surface area contributed by atoms with Crippen molar-refractivity contribution >= 4 is 23.5 Å². The van der Waals surface area contributed by atoms with Crippen LogP contribution < -0.4 is 5.32 Å². The van der Waals surface area contributed by atoms with Gasteiger partial charge in [-0.1, -0.05) is 55.3 Å². The number of aromatic nitrogens is 2. The third-order valence-electron chi connectivity index (χ3n) is 4.19. The first-order valence-corrected chi connectivity index (χ1v) is 8.99. The van der Waals surface area contributed by atoms with Gasteiger partial charge in [0.05, 0.1) is 7.11 Å². The highest BCUT2D eigenvalue weighted by Crippen LogP contribution is 2.18. The summed E-state index contributed by atoms with van der Waals surface area (Å²) in [6, 6.07) is 8.62. The van der Waals surface area contributed by atoms with Crippen LogP contribution in [0.5, 0.6) is 0 Å². The van der Waals surface area contributed by atoms with Gasteiger partial charge in [-0.15, -0.1) is 0 Å². The maximum absolute atomic E-state index is 12.7. The van der Waals surface area contributed by atoms with Crippen molar-refractivity contribution in [3.63, 3.8) is 0 Å². The topological polar surface area (TPSA) is 73.2 Å². The van der Waals surface area contributed by atoms with Gasteiger partial charge in [-0.3, -0.25) is 4.79 Å². The summed E-state index contributed by atoms with van der Waals surface area (Å²) >= 11 is 6.17. The van der Waals surface area contributed by atoms with Gasteiger partial charge in [0.1, 0.15) is 17.6 Å². The van der Waals surface area contributed by atoms with Crippen LogP contribution in [-0.2, 0) is 29.4 Å². The zero-order valence-corrected chi connectivity index (χ0v) is 16.0. The Morgan fingerprint density at radius 1 is 1.31 bits per heavy atom. The van der Waals surface area contributed by atoms with E-state index in [1.54, 1.807) is 11.6 Å². The number of rotatable bonds is 8. The average Bonchev–Trinajstić information content (AvgIpc) is 2.93. The number of hydrogen-bond donors (Lipinski definition) is 1. The first kappa shape index (κ1) is 20.0. The van der Waals surface area contributed by atoms with Crippen LogP contribution in [0.3, 0.4) is 0 Å². The number of nitrogens with one attached hydrogen (secondary N) is 1. The van der Waals surface area contributed by atoms with E-state index in [1.165, 1.54) is 7.11 Å². The van der Waals surface area contributed by atoms with Gasteiger partial charge in [-0.05, 0) is 12.0 Å². The SMILES string of the molecule is CCCCc1nc(Cl)c(C(=O)N[C@@H](Cc2ccccc2)C(=O)OC)n1C. The van der Waals surface area contributed by atoms with Crippen molar-refractivity contribution in [2.24, 2.45) is 7.05 Å². The van der Waals surface area contributed by atoms with Crippen LogP contribution in [0.1, 0.15) is 41.6 Å². The molecule has 0 spiro atoms. The molecule has 140 valence electrons. The number of imidazole rings is 1. The van der Waals surface area contributed by atoms with Crippen LogP contribution in [0.15, 0.2) is 30.3 Å². The summed E-state index contributed by atoms with van der Waals surface area (Å²) in [6.07, 6.45) is 3.05. The maximum Gasteiger partial charge on any atom is 0.328 e. The highest BCUT2D eigenvalue weighted by Gasteiger charge is 2.26. The van der Waals surface area contributed by atoms with Crippen LogP contribution in [0, 0.1) is 0 Å². The second kappa shape index (κ2) is 9.38. The number of benzene rings is 1. The standard InChI is InChI=1S/C19H24ClN3O3/c1-4-5-11-15-22-17(20)16(23(15)2)18(24)21-14(19(25)26-3)12-13-9-7-6-8-10-13/h6-10,14H,4-5,11-12H2,1-3H3,(H,21,24)/t14-/m0/s1. The molecule has 6 nitrogen and oxygen atoms in total. The second-order valence-electron chi connectivity index (χ2n) is 6.07. The van der Waals surface area contributed by atoms with Crippen LogP contribution in [0.25, 0.3) is 0 Å². The van der Waals surface area contributed by atoms with E-state index in [2.05, 4.69) is 17.2 Å². The van der Waals surface area contributed by atoms with Crippen molar-refractivity contribution in [1.29, 1.82) is 0 Å². The quantitative estimate of drug-likeness (QED) is 0.718. The number of amides is 1. The molecule has 7 heteroatoms. The Hall–Kier alpha value is -2.34. The van der Waals surface area contributed by atoms with Crippen molar-refractivity contribution in [1.82, 2.24) is 14.9 Å². The fourth-order valence-corrected chi connectivity index (χ4v) is 3.04. The summed E-state index contributed by atoms with van der Waals surface area (Å²) in [5.41, 5.74) is 1.17. The van der Waals surface area contributed by atoms with Gasteiger partial charge >= 0.3 is 5.97 Å². The molecule has 2 aromatic rings. The number of halogens is 1. The van der Waals surface area contributed by atoms with E-state index in [0.29, 0.717) is 6.42 Å². The third-order valence-corrected chi connectivity index (χ3v) is 4.45. The van der Waals surface area contributed by atoms with E-state index in [4.69, 9.17) is 16.3 Å². The van der Waals surface area contributed by atoms with Crippen LogP contribution in [0.2, 0.25) is 5.15 Å². The summed E-state index contributed by atoms with van der Waals surface area (Å²) in [7, 11) is 3.05. The van der Waals surface area contributed by atoms with Crippen molar-refractivity contribution in [3.8, 4) is 0 Å². The minimum Gasteiger partial charge on any atom is -0.467 e. The average molecular weight is 378 g/mol. The second-order valence-corrected chi connectivity index (χ2v) is 6.43. The van der Waals surface area contributed by atoms with E-state index in [9.17, 15) is 9.59 Å². The Morgan fingerprint density at radius 3 is 2.62 bits per heavy atom. The number of carbonyl (C=O) groups excluding carboxylic acids is 2. The minimum atomic E-state index is -0.806. The fourth-order valence-electron chi connectivity index (χ4n) is 2.73. The number of carbonyl (C=O) groups is 2. The molecule has 1 N–H and O–H groups in total. The number of hydrogen-bond acceptors (Lipinski definition) is 4. The molecule has 0 aliphatic rings. The van der Waals surface area contributed by atoms with E-state index < -0.39 is 17.9 Å². The predicted octanol–water partition coefficient (Wildman–Crippen LogP) is 2.93. The molecule has 1 heterocycles. The Balaban J connectivity index is 2.19. The summed E-state index contributed by atoms with van der Waals surface area (Å²) in [6.45, 7) is 2.09. The molecule has 1 aromatic carbocycles. The van der Waals surface area contributed by atoms with Crippen molar-refractivity contribution < 1.29 is 14.3 Å². The van der Waals surface area contributed by atoms with E-state index in [1.807, 2.05) is 30.3 Å². The normalized spacial score (nSPS) is 11.8. The molecule has 1 atom stereocenters. The maximum atomic E-state index is 12.7. The lowest BCUT2D eigenvalue weighted by Gasteiger charge is -2.17. The lowest BCUT2D eigenvalue weighted by Crippen LogP contribution is -2.43. The first-order valence-electron chi connectivity index (χ1n) is 8.61. The highest BCUT2D eigenvalue weighted by atomic mass is 35.5. The molecule has 0 unspecified atom stereocenters. The van der Waals surface area contributed by atoms with Crippen LogP contribution >= 0.6 is 11.6 Å². The fraction of sp³-hybridized carbons (Fsp3) is 0.421. The van der Waals surface area contributed by atoms with Crippen LogP contribution in [0.4, 0.5) is 0 Å². The molecule has 26 heavy (non-hydrogen) atoms. The molecule has 0 bridgehead atoms. The molecular formula is C19H24ClN3O3. The molecule has 1 aromatic heterocycles. The minimum absolute atomic E-state index is 0.138. The largest absolute Gasteiger partial charge is 0.467 e. The van der Waals surface area contributed by atoms with Gasteiger partial charge in [-0.2, -0.15) is 0 Å². The lowest BCUT2D eigenvalue weighted by molar-refractivity contribution is -0.142. The van der Waals surface area contributed by atoms with Gasteiger partial charge in [0, 0.05) is 19.9 Å².